The number of nitrogens with zero attached hydrogens (tertiary/aromatic N) is 1. The van der Waals surface area contributed by atoms with Crippen LogP contribution < -0.4 is 10.6 Å². The number of fused-ring (bicyclic) bond motifs is 2. The average Bonchev–Trinajstić information content (AvgIpc) is 3.08. The zero-order valence-corrected chi connectivity index (χ0v) is 14.0. The summed E-state index contributed by atoms with van der Waals surface area (Å²) in [7, 11) is 0. The number of carbonyl (C=O) groups is 1. The van der Waals surface area contributed by atoms with E-state index in [2.05, 4.69) is 30.3 Å². The van der Waals surface area contributed by atoms with Gasteiger partial charge in [0, 0.05) is 16.4 Å². The van der Waals surface area contributed by atoms with Crippen molar-refractivity contribution >= 4 is 17.4 Å². The molecule has 0 saturated carbocycles. The van der Waals surface area contributed by atoms with Gasteiger partial charge in [-0.1, -0.05) is 72.8 Å². The van der Waals surface area contributed by atoms with Gasteiger partial charge in [-0.3, -0.25) is 4.79 Å². The van der Waals surface area contributed by atoms with Crippen molar-refractivity contribution in [1.82, 2.24) is 4.98 Å². The second-order valence-electron chi connectivity index (χ2n) is 6.41. The van der Waals surface area contributed by atoms with Gasteiger partial charge in [0.05, 0.1) is 11.0 Å². The first-order chi connectivity index (χ1) is 12.8. The van der Waals surface area contributed by atoms with Crippen molar-refractivity contribution in [3.05, 3.63) is 101 Å². The lowest BCUT2D eigenvalue weighted by Crippen LogP contribution is -2.30. The summed E-state index contributed by atoms with van der Waals surface area (Å²) in [6.45, 7) is 0. The molecular weight excluding hydrogens is 318 g/mol. The molecule has 0 fully saturated rings. The van der Waals surface area contributed by atoms with Crippen LogP contribution in [0.1, 0.15) is 0 Å². The van der Waals surface area contributed by atoms with Crippen LogP contribution in [-0.2, 0) is 4.79 Å². The van der Waals surface area contributed by atoms with E-state index in [9.17, 15) is 4.79 Å². The van der Waals surface area contributed by atoms with Crippen LogP contribution in [0.5, 0.6) is 0 Å². The van der Waals surface area contributed by atoms with Gasteiger partial charge >= 0.3 is 0 Å². The van der Waals surface area contributed by atoms with E-state index >= 15 is 0 Å². The van der Waals surface area contributed by atoms with Crippen LogP contribution in [0, 0.1) is 0 Å². The molecule has 2 aliphatic carbocycles. The van der Waals surface area contributed by atoms with Gasteiger partial charge in [0.1, 0.15) is 0 Å². The van der Waals surface area contributed by atoms with E-state index in [1.807, 2.05) is 54.6 Å². The fourth-order valence-electron chi connectivity index (χ4n) is 3.62. The molecule has 0 atom stereocenters. The first-order valence-corrected chi connectivity index (χ1v) is 8.62. The minimum atomic E-state index is 0.0453. The maximum Gasteiger partial charge on any atom is 0.187 e. The first kappa shape index (κ1) is 14.8. The van der Waals surface area contributed by atoms with Gasteiger partial charge in [-0.25, -0.2) is 4.98 Å². The molecule has 0 radical (unpaired) electrons. The third kappa shape index (κ3) is 2.27. The summed E-state index contributed by atoms with van der Waals surface area (Å²) in [4.78, 5) is 17.4. The predicted molar refractivity (Wildman–Crippen MR) is 104 cm³/mol. The standard InChI is InChI=1S/C24H15NO/c26-22-13-7-12-18-14-21-24(23(18)22)19(16-8-3-1-4-9-16)15-20(25-21)17-10-5-2-6-11-17/h1-15H. The van der Waals surface area contributed by atoms with Crippen LogP contribution in [0.25, 0.3) is 34.0 Å². The van der Waals surface area contributed by atoms with Crippen molar-refractivity contribution in [3.63, 3.8) is 0 Å². The number of hydrogen-bond donors (Lipinski definition) is 0. The smallest absolute Gasteiger partial charge is 0.187 e. The molecule has 0 amide bonds. The third-order valence-corrected chi connectivity index (χ3v) is 4.80. The Hall–Kier alpha value is -3.52. The molecule has 0 bridgehead atoms. The lowest BCUT2D eigenvalue weighted by Gasteiger charge is -2.09. The lowest BCUT2D eigenvalue weighted by atomic mass is 9.94. The summed E-state index contributed by atoms with van der Waals surface area (Å²) in [6.07, 6.45) is 7.44. The highest BCUT2D eigenvalue weighted by molar-refractivity contribution is 6.30. The second kappa shape index (κ2) is 5.78. The fraction of sp³-hybridized carbons (Fsp3) is 0. The van der Waals surface area contributed by atoms with E-state index < -0.39 is 0 Å². The van der Waals surface area contributed by atoms with Crippen LogP contribution in [0.2, 0.25) is 0 Å². The highest BCUT2D eigenvalue weighted by Crippen LogP contribution is 2.26. The van der Waals surface area contributed by atoms with Gasteiger partial charge in [0.2, 0.25) is 0 Å². The molecule has 1 heterocycles. The molecule has 2 aliphatic rings. The molecule has 0 spiro atoms. The van der Waals surface area contributed by atoms with Crippen molar-refractivity contribution in [2.75, 3.05) is 0 Å². The van der Waals surface area contributed by atoms with Crippen LogP contribution in [0.4, 0.5) is 0 Å². The number of pyridine rings is 1. The summed E-state index contributed by atoms with van der Waals surface area (Å²) in [6, 6.07) is 22.4. The zero-order valence-electron chi connectivity index (χ0n) is 14.0. The number of rotatable bonds is 2. The van der Waals surface area contributed by atoms with Gasteiger partial charge in [0.25, 0.3) is 0 Å². The maximum atomic E-state index is 12.6. The van der Waals surface area contributed by atoms with Crippen molar-refractivity contribution < 1.29 is 4.79 Å². The normalized spacial score (nSPS) is 14.5. The van der Waals surface area contributed by atoms with E-state index in [0.29, 0.717) is 0 Å². The fourth-order valence-corrected chi connectivity index (χ4v) is 3.62. The Morgan fingerprint density at radius 2 is 1.50 bits per heavy atom. The van der Waals surface area contributed by atoms with Gasteiger partial charge in [-0.15, -0.1) is 0 Å². The highest BCUT2D eigenvalue weighted by Gasteiger charge is 2.22. The van der Waals surface area contributed by atoms with E-state index in [4.69, 9.17) is 4.98 Å². The van der Waals surface area contributed by atoms with E-state index in [1.54, 1.807) is 6.08 Å². The Morgan fingerprint density at radius 1 is 0.808 bits per heavy atom. The largest absolute Gasteiger partial charge is 0.289 e. The predicted octanol–water partition coefficient (Wildman–Crippen LogP) is 3.43. The summed E-state index contributed by atoms with van der Waals surface area (Å²) < 4.78 is 0. The molecule has 122 valence electrons. The number of allylic oxidation sites excluding steroid dienone is 4. The van der Waals surface area contributed by atoms with E-state index in [0.717, 1.165) is 44.1 Å². The Balaban J connectivity index is 1.90. The average molecular weight is 333 g/mol. The third-order valence-electron chi connectivity index (χ3n) is 4.80. The van der Waals surface area contributed by atoms with Crippen molar-refractivity contribution in [3.8, 4) is 22.4 Å². The summed E-state index contributed by atoms with van der Waals surface area (Å²) in [5, 5.41) is 1.81. The molecule has 0 aliphatic heterocycles. The number of hydrogen-bond acceptors (Lipinski definition) is 2. The van der Waals surface area contributed by atoms with E-state index in [-0.39, 0.29) is 5.78 Å². The molecule has 1 aromatic heterocycles. The van der Waals surface area contributed by atoms with Crippen LogP contribution >= 0.6 is 0 Å². The maximum absolute atomic E-state index is 12.6. The number of carbonyl (C=O) groups excluding carboxylic acids is 1. The molecule has 0 N–H and O–H groups in total. The van der Waals surface area contributed by atoms with Crippen molar-refractivity contribution in [2.24, 2.45) is 0 Å². The molecule has 26 heavy (non-hydrogen) atoms. The minimum absolute atomic E-state index is 0.0453. The number of benzene rings is 2. The molecule has 5 rings (SSSR count). The number of aromatic nitrogens is 1. The van der Waals surface area contributed by atoms with Crippen molar-refractivity contribution in [2.45, 2.75) is 0 Å². The molecule has 2 heteroatoms. The van der Waals surface area contributed by atoms with Gasteiger partial charge in [-0.2, -0.15) is 0 Å². The lowest BCUT2D eigenvalue weighted by molar-refractivity contribution is -0.109. The monoisotopic (exact) mass is 333 g/mol. The Labute approximate surface area is 151 Å². The highest BCUT2D eigenvalue weighted by atomic mass is 16.1. The first-order valence-electron chi connectivity index (χ1n) is 8.62. The zero-order chi connectivity index (χ0) is 17.5. The second-order valence-corrected chi connectivity index (χ2v) is 6.41. The summed E-state index contributed by atoms with van der Waals surface area (Å²) in [5.74, 6) is 0.0453. The summed E-state index contributed by atoms with van der Waals surface area (Å²) in [5.41, 5.74) is 5.83. The minimum Gasteiger partial charge on any atom is -0.289 e. The van der Waals surface area contributed by atoms with Crippen molar-refractivity contribution in [1.29, 1.82) is 0 Å². The van der Waals surface area contributed by atoms with Gasteiger partial charge in [-0.05, 0) is 34.9 Å². The quantitative estimate of drug-likeness (QED) is 0.719. The van der Waals surface area contributed by atoms with Gasteiger partial charge in [0.15, 0.2) is 5.78 Å². The topological polar surface area (TPSA) is 30.0 Å². The number of ketones is 1. The van der Waals surface area contributed by atoms with Crippen LogP contribution in [-0.4, -0.2) is 10.8 Å². The Morgan fingerprint density at radius 3 is 2.23 bits per heavy atom. The molecular formula is C24H15NO. The molecule has 2 aromatic carbocycles. The molecule has 2 nitrogen and oxygen atoms in total. The molecule has 0 unspecified atom stereocenters. The SMILES string of the molecule is O=C1C=CC=C2C=c3nc(-c4ccccc4)cc(-c4ccccc4)c3=C12. The molecule has 3 aromatic rings. The Kier molecular flexibility index (Phi) is 3.29. The van der Waals surface area contributed by atoms with Crippen LogP contribution in [0.15, 0.2) is 90.5 Å². The molecule has 0 saturated heterocycles. The Bertz CT molecular complexity index is 1220. The summed E-state index contributed by atoms with van der Waals surface area (Å²) >= 11 is 0. The van der Waals surface area contributed by atoms with E-state index in [1.165, 1.54) is 0 Å². The van der Waals surface area contributed by atoms with Crippen LogP contribution in [0.3, 0.4) is 0 Å². The van der Waals surface area contributed by atoms with Gasteiger partial charge < -0.3 is 0 Å².